The first-order valence-corrected chi connectivity index (χ1v) is 10.1. The van der Waals surface area contributed by atoms with Gasteiger partial charge in [0.2, 0.25) is 0 Å². The van der Waals surface area contributed by atoms with Crippen molar-refractivity contribution in [3.05, 3.63) is 70.8 Å². The van der Waals surface area contributed by atoms with E-state index < -0.39 is 0 Å². The number of hydrogen-bond donors (Lipinski definition) is 1. The first-order chi connectivity index (χ1) is 15.0. The highest BCUT2D eigenvalue weighted by atomic mass is 19.1. The lowest BCUT2D eigenvalue weighted by atomic mass is 10.0. The van der Waals surface area contributed by atoms with E-state index >= 15 is 0 Å². The Hall–Kier alpha value is -3.52. The average Bonchev–Trinajstić information content (AvgIpc) is 3.36. The van der Waals surface area contributed by atoms with E-state index in [1.807, 2.05) is 18.7 Å². The summed E-state index contributed by atoms with van der Waals surface area (Å²) in [6.45, 7) is 5.26. The van der Waals surface area contributed by atoms with Crippen LogP contribution in [0.4, 0.5) is 4.39 Å². The summed E-state index contributed by atoms with van der Waals surface area (Å²) in [5.41, 5.74) is 4.65. The zero-order valence-electron chi connectivity index (χ0n) is 17.2. The van der Waals surface area contributed by atoms with Crippen LogP contribution < -0.4 is 0 Å². The average molecular weight is 420 g/mol. The van der Waals surface area contributed by atoms with Crippen LogP contribution >= 0.6 is 0 Å². The Morgan fingerprint density at radius 3 is 2.74 bits per heavy atom. The summed E-state index contributed by atoms with van der Waals surface area (Å²) >= 11 is 0. The number of nitrogens with zero attached hydrogens (tertiary/aromatic N) is 3. The van der Waals surface area contributed by atoms with Gasteiger partial charge in [-0.05, 0) is 56.3 Å². The van der Waals surface area contributed by atoms with Crippen molar-refractivity contribution >= 4 is 16.8 Å². The molecule has 0 radical (unpaired) electrons. The third-order valence-corrected chi connectivity index (χ3v) is 5.74. The van der Waals surface area contributed by atoms with Crippen LogP contribution in [-0.2, 0) is 4.74 Å². The van der Waals surface area contributed by atoms with Gasteiger partial charge in [-0.1, -0.05) is 5.16 Å². The summed E-state index contributed by atoms with van der Waals surface area (Å²) in [7, 11) is 0. The van der Waals surface area contributed by atoms with Crippen LogP contribution in [0.5, 0.6) is 0 Å². The van der Waals surface area contributed by atoms with Gasteiger partial charge in [0.05, 0.1) is 30.3 Å². The smallest absolute Gasteiger partial charge is 0.254 e. The van der Waals surface area contributed by atoms with E-state index in [2.05, 4.69) is 15.4 Å². The van der Waals surface area contributed by atoms with Crippen molar-refractivity contribution in [2.45, 2.75) is 19.9 Å². The molecule has 2 aromatic heterocycles. The quantitative estimate of drug-likeness (QED) is 0.537. The molecule has 1 fully saturated rings. The predicted molar refractivity (Wildman–Crippen MR) is 112 cm³/mol. The number of aromatic nitrogens is 3. The van der Waals surface area contributed by atoms with Gasteiger partial charge in [-0.2, -0.15) is 5.10 Å². The number of amides is 1. The number of benzene rings is 2. The van der Waals surface area contributed by atoms with E-state index in [-0.39, 0.29) is 17.8 Å². The molecule has 1 N–H and O–H groups in total. The summed E-state index contributed by atoms with van der Waals surface area (Å²) in [4.78, 5) is 15.4. The van der Waals surface area contributed by atoms with Gasteiger partial charge >= 0.3 is 0 Å². The molecule has 31 heavy (non-hydrogen) atoms. The largest absolute Gasteiger partial charge is 0.377 e. The second-order valence-corrected chi connectivity index (χ2v) is 7.69. The lowest BCUT2D eigenvalue weighted by molar-refractivity contribution is -0.00300. The van der Waals surface area contributed by atoms with Crippen molar-refractivity contribution in [3.63, 3.8) is 0 Å². The first-order valence-electron chi connectivity index (χ1n) is 10.1. The molecule has 158 valence electrons. The molecule has 1 unspecified atom stereocenters. The Balaban J connectivity index is 1.53. The highest BCUT2D eigenvalue weighted by Gasteiger charge is 2.32. The van der Waals surface area contributed by atoms with Crippen molar-refractivity contribution in [3.8, 4) is 11.3 Å². The van der Waals surface area contributed by atoms with E-state index in [0.29, 0.717) is 47.5 Å². The molecular weight excluding hydrogens is 399 g/mol. The van der Waals surface area contributed by atoms with Crippen LogP contribution in [0.1, 0.15) is 33.4 Å². The first kappa shape index (κ1) is 19.4. The van der Waals surface area contributed by atoms with Crippen molar-refractivity contribution in [1.29, 1.82) is 0 Å². The standard InChI is InChI=1S/C23H21FN4O3/c1-13-21(14(2)26-25-13)20-12-30-10-9-28(20)23(29)16-5-8-19-18(11-16)22(31-27-19)15-3-6-17(24)7-4-15/h3-8,11,20H,9-10,12H2,1-2H3,(H,25,26). The fourth-order valence-corrected chi connectivity index (χ4v) is 4.19. The van der Waals surface area contributed by atoms with Crippen LogP contribution in [0.15, 0.2) is 47.0 Å². The lowest BCUT2D eigenvalue weighted by Gasteiger charge is -2.36. The van der Waals surface area contributed by atoms with E-state index in [1.54, 1.807) is 30.3 Å². The Morgan fingerprint density at radius 1 is 1.19 bits per heavy atom. The van der Waals surface area contributed by atoms with E-state index in [1.165, 1.54) is 12.1 Å². The number of aromatic amines is 1. The monoisotopic (exact) mass is 420 g/mol. The molecular formula is C23H21FN4O3. The number of halogens is 1. The SMILES string of the molecule is Cc1n[nH]c(C)c1C1COCCN1C(=O)c1ccc2noc(-c3ccc(F)cc3)c2c1. The number of fused-ring (bicyclic) bond motifs is 1. The van der Waals surface area contributed by atoms with Gasteiger partial charge in [0.1, 0.15) is 11.3 Å². The number of H-pyrrole nitrogens is 1. The predicted octanol–water partition coefficient (Wildman–Crippen LogP) is 4.19. The number of nitrogens with one attached hydrogen (secondary N) is 1. The maximum absolute atomic E-state index is 13.5. The number of ether oxygens (including phenoxy) is 1. The molecule has 7 nitrogen and oxygen atoms in total. The topological polar surface area (TPSA) is 84.2 Å². The van der Waals surface area contributed by atoms with Gasteiger partial charge in [0, 0.05) is 28.9 Å². The molecule has 8 heteroatoms. The molecule has 0 spiro atoms. The highest BCUT2D eigenvalue weighted by Crippen LogP contribution is 2.32. The van der Waals surface area contributed by atoms with Crippen LogP contribution in [-0.4, -0.2) is 45.9 Å². The maximum atomic E-state index is 13.5. The number of rotatable bonds is 3. The van der Waals surface area contributed by atoms with Gasteiger partial charge < -0.3 is 14.2 Å². The second kappa shape index (κ2) is 7.63. The summed E-state index contributed by atoms with van der Waals surface area (Å²) in [5, 5.41) is 12.1. The summed E-state index contributed by atoms with van der Waals surface area (Å²) in [6, 6.07) is 11.1. The molecule has 4 aromatic rings. The third-order valence-electron chi connectivity index (χ3n) is 5.74. The molecule has 1 aliphatic heterocycles. The van der Waals surface area contributed by atoms with Gasteiger partial charge in [0.15, 0.2) is 5.76 Å². The lowest BCUT2D eigenvalue weighted by Crippen LogP contribution is -2.43. The molecule has 0 saturated carbocycles. The molecule has 1 aliphatic rings. The molecule has 1 amide bonds. The van der Waals surface area contributed by atoms with Crippen LogP contribution in [0.2, 0.25) is 0 Å². The normalized spacial score (nSPS) is 16.7. The number of hydrogen-bond acceptors (Lipinski definition) is 5. The van der Waals surface area contributed by atoms with Gasteiger partial charge in [-0.3, -0.25) is 9.89 Å². The van der Waals surface area contributed by atoms with Crippen molar-refractivity contribution in [2.75, 3.05) is 19.8 Å². The number of morpholine rings is 1. The second-order valence-electron chi connectivity index (χ2n) is 7.69. The summed E-state index contributed by atoms with van der Waals surface area (Å²) < 4.78 is 24.5. The Kier molecular flexibility index (Phi) is 4.78. The highest BCUT2D eigenvalue weighted by molar-refractivity contribution is 6.01. The molecule has 0 aliphatic carbocycles. The molecule has 5 rings (SSSR count). The van der Waals surface area contributed by atoms with E-state index in [4.69, 9.17) is 9.26 Å². The zero-order valence-corrected chi connectivity index (χ0v) is 17.2. The summed E-state index contributed by atoms with van der Waals surface area (Å²) in [5.74, 6) is 0.0813. The fraction of sp³-hybridized carbons (Fsp3) is 0.261. The van der Waals surface area contributed by atoms with Crippen LogP contribution in [0, 0.1) is 19.7 Å². The molecule has 0 bridgehead atoms. The number of carbonyl (C=O) groups excluding carboxylic acids is 1. The zero-order chi connectivity index (χ0) is 21.5. The van der Waals surface area contributed by atoms with Gasteiger partial charge in [0.25, 0.3) is 5.91 Å². The van der Waals surface area contributed by atoms with Crippen LogP contribution in [0.25, 0.3) is 22.2 Å². The van der Waals surface area contributed by atoms with Crippen molar-refractivity contribution < 1.29 is 18.4 Å². The maximum Gasteiger partial charge on any atom is 0.254 e. The Morgan fingerprint density at radius 2 is 2.00 bits per heavy atom. The van der Waals surface area contributed by atoms with Crippen molar-refractivity contribution in [2.24, 2.45) is 0 Å². The Labute approximate surface area is 177 Å². The molecule has 2 aromatic carbocycles. The minimum Gasteiger partial charge on any atom is -0.377 e. The van der Waals surface area contributed by atoms with E-state index in [0.717, 1.165) is 17.0 Å². The van der Waals surface area contributed by atoms with Gasteiger partial charge in [-0.25, -0.2) is 4.39 Å². The van der Waals surface area contributed by atoms with Crippen LogP contribution in [0.3, 0.4) is 0 Å². The third kappa shape index (κ3) is 3.38. The Bertz CT molecular complexity index is 1240. The van der Waals surface area contributed by atoms with Crippen molar-refractivity contribution in [1.82, 2.24) is 20.3 Å². The minimum atomic E-state index is -0.327. The fourth-order valence-electron chi connectivity index (χ4n) is 4.19. The molecule has 1 saturated heterocycles. The number of aryl methyl sites for hydroxylation is 2. The minimum absolute atomic E-state index is 0.0959. The van der Waals surface area contributed by atoms with Gasteiger partial charge in [-0.15, -0.1) is 0 Å². The number of carbonyl (C=O) groups is 1. The molecule has 3 heterocycles. The van der Waals surface area contributed by atoms with E-state index in [9.17, 15) is 9.18 Å². The molecule has 1 atom stereocenters. The summed E-state index contributed by atoms with van der Waals surface area (Å²) in [6.07, 6.45) is 0.